The van der Waals surface area contributed by atoms with E-state index >= 15 is 0 Å². The Bertz CT molecular complexity index is 1230. The summed E-state index contributed by atoms with van der Waals surface area (Å²) in [5.74, 6) is -0.529. The van der Waals surface area contributed by atoms with E-state index in [9.17, 15) is 17.6 Å². The Morgan fingerprint density at radius 2 is 1.62 bits per heavy atom. The van der Waals surface area contributed by atoms with Gasteiger partial charge in [0, 0.05) is 23.1 Å². The molecule has 8 heteroatoms. The molecule has 0 bridgehead atoms. The van der Waals surface area contributed by atoms with E-state index in [1.807, 2.05) is 36.1 Å². The van der Waals surface area contributed by atoms with E-state index in [1.54, 1.807) is 31.2 Å². The summed E-state index contributed by atoms with van der Waals surface area (Å²) in [6.45, 7) is 3.84. The number of amides is 1. The van der Waals surface area contributed by atoms with Gasteiger partial charge in [-0.25, -0.2) is 12.8 Å². The van der Waals surface area contributed by atoms with Gasteiger partial charge in [0.2, 0.25) is 5.91 Å². The summed E-state index contributed by atoms with van der Waals surface area (Å²) >= 11 is 0. The molecule has 2 atom stereocenters. The molecule has 0 fully saturated rings. The first-order valence-electron chi connectivity index (χ1n) is 10.3. The van der Waals surface area contributed by atoms with Crippen LogP contribution in [-0.4, -0.2) is 26.4 Å². The standard InChI is InChI=1S/C24H24FN3O3S/c1-16-15-18-5-3-4-6-23(18)28(16)24(29)17(2)26-20-9-11-21(12-10-20)27-32(30,31)22-13-7-19(25)8-14-22/h3-14,16-17,26-27H,15H2,1-2H3/t16-,17-/m1/s1. The Morgan fingerprint density at radius 3 is 2.31 bits per heavy atom. The molecule has 0 unspecified atom stereocenters. The highest BCUT2D eigenvalue weighted by Gasteiger charge is 2.33. The number of hydrogen-bond donors (Lipinski definition) is 2. The number of nitrogens with zero attached hydrogens (tertiary/aromatic N) is 1. The van der Waals surface area contributed by atoms with Crippen LogP contribution in [0.2, 0.25) is 0 Å². The van der Waals surface area contributed by atoms with E-state index in [-0.39, 0.29) is 16.8 Å². The third-order valence-corrected chi connectivity index (χ3v) is 6.86. The van der Waals surface area contributed by atoms with Crippen molar-refractivity contribution >= 4 is 33.0 Å². The van der Waals surface area contributed by atoms with Crippen LogP contribution in [0.3, 0.4) is 0 Å². The van der Waals surface area contributed by atoms with Gasteiger partial charge in [-0.3, -0.25) is 9.52 Å². The van der Waals surface area contributed by atoms with Gasteiger partial charge in [-0.1, -0.05) is 18.2 Å². The largest absolute Gasteiger partial charge is 0.374 e. The maximum absolute atomic E-state index is 13.1. The molecule has 0 saturated carbocycles. The molecule has 1 aliphatic heterocycles. The quantitative estimate of drug-likeness (QED) is 0.580. The van der Waals surface area contributed by atoms with Crippen LogP contribution in [0.15, 0.2) is 77.7 Å². The number of carbonyl (C=O) groups excluding carboxylic acids is 1. The van der Waals surface area contributed by atoms with E-state index < -0.39 is 21.9 Å². The maximum Gasteiger partial charge on any atom is 0.261 e. The van der Waals surface area contributed by atoms with Crippen LogP contribution in [0.5, 0.6) is 0 Å². The van der Waals surface area contributed by atoms with Gasteiger partial charge >= 0.3 is 0 Å². The normalized spacial score (nSPS) is 16.3. The first-order valence-corrected chi connectivity index (χ1v) is 11.8. The third-order valence-electron chi connectivity index (χ3n) is 5.46. The Balaban J connectivity index is 1.42. The number of sulfonamides is 1. The van der Waals surface area contributed by atoms with Gasteiger partial charge < -0.3 is 10.2 Å². The minimum absolute atomic E-state index is 0.0245. The minimum atomic E-state index is -3.82. The van der Waals surface area contributed by atoms with Crippen molar-refractivity contribution < 1.29 is 17.6 Å². The van der Waals surface area contributed by atoms with Crippen molar-refractivity contribution in [2.45, 2.75) is 37.2 Å². The Labute approximate surface area is 187 Å². The summed E-state index contributed by atoms with van der Waals surface area (Å²) in [7, 11) is -3.82. The fraction of sp³-hybridized carbons (Fsp3) is 0.208. The number of fused-ring (bicyclic) bond motifs is 1. The van der Waals surface area contributed by atoms with E-state index in [4.69, 9.17) is 0 Å². The first-order chi connectivity index (χ1) is 15.2. The third kappa shape index (κ3) is 4.45. The topological polar surface area (TPSA) is 78.5 Å². The van der Waals surface area contributed by atoms with Crippen LogP contribution < -0.4 is 14.9 Å². The van der Waals surface area contributed by atoms with E-state index in [0.29, 0.717) is 11.4 Å². The van der Waals surface area contributed by atoms with Crippen LogP contribution in [0, 0.1) is 5.82 Å². The molecule has 6 nitrogen and oxygen atoms in total. The molecule has 3 aromatic rings. The number of rotatable bonds is 6. The van der Waals surface area contributed by atoms with Crippen LogP contribution in [0.1, 0.15) is 19.4 Å². The summed E-state index contributed by atoms with van der Waals surface area (Å²) in [5.41, 5.74) is 3.17. The highest BCUT2D eigenvalue weighted by Crippen LogP contribution is 2.32. The summed E-state index contributed by atoms with van der Waals surface area (Å²) in [6.07, 6.45) is 0.831. The summed E-state index contributed by atoms with van der Waals surface area (Å²) in [4.78, 5) is 14.9. The molecule has 1 heterocycles. The van der Waals surface area contributed by atoms with Crippen LogP contribution >= 0.6 is 0 Å². The van der Waals surface area contributed by atoms with E-state index in [0.717, 1.165) is 24.2 Å². The van der Waals surface area contributed by atoms with Crippen LogP contribution in [0.25, 0.3) is 0 Å². The van der Waals surface area contributed by atoms with Gasteiger partial charge in [0.05, 0.1) is 4.90 Å². The number of carbonyl (C=O) groups is 1. The molecular weight excluding hydrogens is 429 g/mol. The maximum atomic E-state index is 13.1. The minimum Gasteiger partial charge on any atom is -0.374 e. The zero-order chi connectivity index (χ0) is 22.9. The highest BCUT2D eigenvalue weighted by molar-refractivity contribution is 7.92. The van der Waals surface area contributed by atoms with Crippen LogP contribution in [-0.2, 0) is 21.2 Å². The molecule has 1 aliphatic rings. The lowest BCUT2D eigenvalue weighted by Gasteiger charge is -2.27. The van der Waals surface area contributed by atoms with Crippen molar-refractivity contribution in [2.24, 2.45) is 0 Å². The number of anilines is 3. The molecule has 4 rings (SSSR count). The zero-order valence-electron chi connectivity index (χ0n) is 17.7. The van der Waals surface area contributed by atoms with Gasteiger partial charge in [0.1, 0.15) is 11.9 Å². The van der Waals surface area contributed by atoms with E-state index in [1.165, 1.54) is 17.7 Å². The lowest BCUT2D eigenvalue weighted by atomic mass is 10.1. The number of hydrogen-bond acceptors (Lipinski definition) is 4. The molecule has 32 heavy (non-hydrogen) atoms. The number of nitrogens with one attached hydrogen (secondary N) is 2. The second-order valence-corrected chi connectivity index (χ2v) is 9.58. The van der Waals surface area contributed by atoms with Crippen molar-refractivity contribution in [1.29, 1.82) is 0 Å². The Morgan fingerprint density at radius 1 is 1.00 bits per heavy atom. The lowest BCUT2D eigenvalue weighted by molar-refractivity contribution is -0.119. The molecule has 2 N–H and O–H groups in total. The molecule has 0 radical (unpaired) electrons. The average molecular weight is 454 g/mol. The summed E-state index contributed by atoms with van der Waals surface area (Å²) in [6, 6.07) is 18.8. The molecule has 1 amide bonds. The first kappa shape index (κ1) is 21.8. The summed E-state index contributed by atoms with van der Waals surface area (Å²) < 4.78 is 40.4. The summed E-state index contributed by atoms with van der Waals surface area (Å²) in [5, 5.41) is 3.19. The van der Waals surface area contributed by atoms with Crippen molar-refractivity contribution in [3.63, 3.8) is 0 Å². The predicted molar refractivity (Wildman–Crippen MR) is 124 cm³/mol. The average Bonchev–Trinajstić information content (AvgIpc) is 3.10. The van der Waals surface area contributed by atoms with Gasteiger partial charge in [0.25, 0.3) is 10.0 Å². The second-order valence-electron chi connectivity index (χ2n) is 7.89. The van der Waals surface area contributed by atoms with Crippen LogP contribution in [0.4, 0.5) is 21.5 Å². The highest BCUT2D eigenvalue weighted by atomic mass is 32.2. The Kier molecular flexibility index (Phi) is 5.88. The lowest BCUT2D eigenvalue weighted by Crippen LogP contribution is -2.44. The number of halogens is 1. The monoisotopic (exact) mass is 453 g/mol. The van der Waals surface area contributed by atoms with Gasteiger partial charge in [0.15, 0.2) is 0 Å². The zero-order valence-corrected chi connectivity index (χ0v) is 18.6. The van der Waals surface area contributed by atoms with E-state index in [2.05, 4.69) is 10.0 Å². The van der Waals surface area contributed by atoms with Crippen molar-refractivity contribution in [3.8, 4) is 0 Å². The molecule has 166 valence electrons. The predicted octanol–water partition coefficient (Wildman–Crippen LogP) is 4.40. The van der Waals surface area contributed by atoms with Crippen molar-refractivity contribution in [1.82, 2.24) is 0 Å². The fourth-order valence-electron chi connectivity index (χ4n) is 3.88. The fourth-order valence-corrected chi connectivity index (χ4v) is 4.94. The smallest absolute Gasteiger partial charge is 0.261 e. The molecule has 0 saturated heterocycles. The number of benzene rings is 3. The molecule has 0 aliphatic carbocycles. The molecule has 0 aromatic heterocycles. The van der Waals surface area contributed by atoms with Gasteiger partial charge in [-0.05, 0) is 80.4 Å². The Hall–Kier alpha value is -3.39. The van der Waals surface area contributed by atoms with Gasteiger partial charge in [-0.2, -0.15) is 0 Å². The van der Waals surface area contributed by atoms with Crippen molar-refractivity contribution in [3.05, 3.63) is 84.2 Å². The molecular formula is C24H24FN3O3S. The number of para-hydroxylation sites is 1. The van der Waals surface area contributed by atoms with Crippen molar-refractivity contribution in [2.75, 3.05) is 14.9 Å². The molecule has 0 spiro atoms. The molecule has 3 aromatic carbocycles. The second kappa shape index (κ2) is 8.63. The van der Waals surface area contributed by atoms with Gasteiger partial charge in [-0.15, -0.1) is 0 Å². The SMILES string of the molecule is C[C@@H]1Cc2ccccc2N1C(=O)[C@@H](C)Nc1ccc(NS(=O)(=O)c2ccc(F)cc2)cc1.